The Bertz CT molecular complexity index is 607. The zero-order valence-corrected chi connectivity index (χ0v) is 11.4. The lowest BCUT2D eigenvalue weighted by atomic mass is 10.2. The highest BCUT2D eigenvalue weighted by molar-refractivity contribution is 5.98. The smallest absolute Gasteiger partial charge is 0.252 e. The van der Waals surface area contributed by atoms with Gasteiger partial charge in [0.1, 0.15) is 5.82 Å². The number of hydrogen-bond donors (Lipinski definition) is 3. The highest BCUT2D eigenvalue weighted by atomic mass is 16.5. The largest absolute Gasteiger partial charge is 0.427 e. The highest BCUT2D eigenvalue weighted by Crippen LogP contribution is 2.20. The van der Waals surface area contributed by atoms with Crippen LogP contribution < -0.4 is 16.8 Å². The van der Waals surface area contributed by atoms with E-state index in [4.69, 9.17) is 16.2 Å². The quantitative estimate of drug-likeness (QED) is 0.767. The lowest BCUT2D eigenvalue weighted by Crippen LogP contribution is -2.15. The van der Waals surface area contributed by atoms with Crippen LogP contribution in [0.4, 0.5) is 11.5 Å². The summed E-state index contributed by atoms with van der Waals surface area (Å²) in [5, 5.41) is 3.04. The molecule has 20 heavy (non-hydrogen) atoms. The Kier molecular flexibility index (Phi) is 3.88. The molecule has 0 bridgehead atoms. The zero-order valence-electron chi connectivity index (χ0n) is 11.4. The maximum atomic E-state index is 11.1. The number of nitrogens with one attached hydrogen (secondary N) is 1. The Labute approximate surface area is 116 Å². The number of hydrogen-bond acceptors (Lipinski definition) is 6. The first-order chi connectivity index (χ1) is 9.47. The topological polar surface area (TPSA) is 116 Å². The molecule has 1 aliphatic rings. The van der Waals surface area contributed by atoms with Crippen LogP contribution in [0.25, 0.3) is 0 Å². The van der Waals surface area contributed by atoms with Gasteiger partial charge in [-0.05, 0) is 18.9 Å². The summed E-state index contributed by atoms with van der Waals surface area (Å²) in [5.74, 6) is 1.05. The van der Waals surface area contributed by atoms with E-state index < -0.39 is 5.91 Å². The summed E-state index contributed by atoms with van der Waals surface area (Å²) >= 11 is 0. The van der Waals surface area contributed by atoms with Crippen molar-refractivity contribution < 1.29 is 9.53 Å². The molecule has 0 aromatic carbocycles. The van der Waals surface area contributed by atoms with E-state index in [1.54, 1.807) is 13.0 Å². The van der Waals surface area contributed by atoms with Crippen molar-refractivity contribution in [1.29, 1.82) is 0 Å². The second-order valence-corrected chi connectivity index (χ2v) is 4.51. The van der Waals surface area contributed by atoms with Crippen LogP contribution in [-0.2, 0) is 4.74 Å². The Morgan fingerprint density at radius 3 is 2.85 bits per heavy atom. The third kappa shape index (κ3) is 3.05. The number of aromatic nitrogens is 1. The van der Waals surface area contributed by atoms with Crippen LogP contribution >= 0.6 is 0 Å². The van der Waals surface area contributed by atoms with Crippen LogP contribution in [0.5, 0.6) is 0 Å². The standard InChI is InChI=1S/C13H17N5O2/c1-7-3-4-16-8(2)20-13(7)18-11-5-10(14)9(6-17-11)12(15)19/h5-6H,3-4H2,1-2H3,(H2,15,19)(H3,14,17,18). The van der Waals surface area contributed by atoms with Crippen molar-refractivity contribution in [3.8, 4) is 0 Å². The van der Waals surface area contributed by atoms with Crippen molar-refractivity contribution in [1.82, 2.24) is 4.98 Å². The number of nitrogen functional groups attached to an aromatic ring is 1. The third-order valence-corrected chi connectivity index (χ3v) is 2.90. The summed E-state index contributed by atoms with van der Waals surface area (Å²) in [6.45, 7) is 4.44. The van der Waals surface area contributed by atoms with Crippen LogP contribution in [-0.4, -0.2) is 23.3 Å². The van der Waals surface area contributed by atoms with E-state index in [0.717, 1.165) is 12.0 Å². The van der Waals surface area contributed by atoms with Gasteiger partial charge in [0.15, 0.2) is 11.8 Å². The molecule has 7 nitrogen and oxygen atoms in total. The molecule has 1 aromatic rings. The van der Waals surface area contributed by atoms with Crippen LogP contribution in [0.3, 0.4) is 0 Å². The Balaban J connectivity index is 2.23. The minimum atomic E-state index is -0.606. The molecule has 2 heterocycles. The number of nitrogens with zero attached hydrogens (tertiary/aromatic N) is 2. The number of aliphatic imine (C=N–C) groups is 1. The number of ether oxygens (including phenoxy) is 1. The van der Waals surface area contributed by atoms with E-state index in [1.165, 1.54) is 6.20 Å². The number of carbonyl (C=O) groups is 1. The lowest BCUT2D eigenvalue weighted by Gasteiger charge is -2.13. The van der Waals surface area contributed by atoms with Gasteiger partial charge in [-0.2, -0.15) is 0 Å². The van der Waals surface area contributed by atoms with E-state index >= 15 is 0 Å². The van der Waals surface area contributed by atoms with Crippen molar-refractivity contribution >= 4 is 23.3 Å². The molecule has 1 aliphatic heterocycles. The first-order valence-corrected chi connectivity index (χ1v) is 6.18. The van der Waals surface area contributed by atoms with Crippen molar-refractivity contribution in [3.63, 3.8) is 0 Å². The third-order valence-electron chi connectivity index (χ3n) is 2.90. The van der Waals surface area contributed by atoms with Crippen LogP contribution in [0, 0.1) is 0 Å². The minimum absolute atomic E-state index is 0.195. The van der Waals surface area contributed by atoms with Gasteiger partial charge in [-0.25, -0.2) is 4.98 Å². The normalized spacial score (nSPS) is 15.2. The van der Waals surface area contributed by atoms with Crippen LogP contribution in [0.15, 0.2) is 28.7 Å². The van der Waals surface area contributed by atoms with Crippen molar-refractivity contribution in [2.75, 3.05) is 17.6 Å². The lowest BCUT2D eigenvalue weighted by molar-refractivity contribution is 0.100. The van der Waals surface area contributed by atoms with Gasteiger partial charge in [0.05, 0.1) is 5.56 Å². The van der Waals surface area contributed by atoms with Gasteiger partial charge in [-0.1, -0.05) is 0 Å². The van der Waals surface area contributed by atoms with E-state index in [-0.39, 0.29) is 11.3 Å². The molecule has 0 radical (unpaired) electrons. The monoisotopic (exact) mass is 275 g/mol. The Morgan fingerprint density at radius 1 is 1.45 bits per heavy atom. The van der Waals surface area contributed by atoms with Crippen LogP contribution in [0.2, 0.25) is 0 Å². The Morgan fingerprint density at radius 2 is 2.20 bits per heavy atom. The maximum absolute atomic E-state index is 11.1. The number of anilines is 2. The highest BCUT2D eigenvalue weighted by Gasteiger charge is 2.13. The van der Waals surface area contributed by atoms with Gasteiger partial charge < -0.3 is 21.5 Å². The molecule has 0 unspecified atom stereocenters. The molecule has 0 spiro atoms. The van der Waals surface area contributed by atoms with Crippen molar-refractivity contribution in [2.24, 2.45) is 10.7 Å². The zero-order chi connectivity index (χ0) is 14.7. The summed E-state index contributed by atoms with van der Waals surface area (Å²) in [6.07, 6.45) is 2.14. The van der Waals surface area contributed by atoms with E-state index in [1.807, 2.05) is 6.92 Å². The second-order valence-electron chi connectivity index (χ2n) is 4.51. The minimum Gasteiger partial charge on any atom is -0.427 e. The van der Waals surface area contributed by atoms with E-state index in [9.17, 15) is 4.79 Å². The SMILES string of the molecule is CC1=NCCC(C)=C(Nc2cc(N)c(C(N)=O)cn2)O1. The number of carbonyl (C=O) groups excluding carboxylic acids is 1. The molecule has 5 N–H and O–H groups in total. The number of pyridine rings is 1. The van der Waals surface area contributed by atoms with Gasteiger partial charge in [-0.15, -0.1) is 0 Å². The summed E-state index contributed by atoms with van der Waals surface area (Å²) < 4.78 is 5.59. The first kappa shape index (κ1) is 13.9. The summed E-state index contributed by atoms with van der Waals surface area (Å²) in [5.41, 5.74) is 12.4. The molecular weight excluding hydrogens is 258 g/mol. The van der Waals surface area contributed by atoms with Crippen molar-refractivity contribution in [2.45, 2.75) is 20.3 Å². The fraction of sp³-hybridized carbons (Fsp3) is 0.308. The molecular formula is C13H17N5O2. The van der Waals surface area contributed by atoms with Crippen LogP contribution in [0.1, 0.15) is 30.6 Å². The molecule has 0 fully saturated rings. The van der Waals surface area contributed by atoms with E-state index in [2.05, 4.69) is 15.3 Å². The molecule has 1 aromatic heterocycles. The molecule has 0 saturated carbocycles. The molecule has 2 rings (SSSR count). The summed E-state index contributed by atoms with van der Waals surface area (Å²) in [6, 6.07) is 1.54. The average Bonchev–Trinajstić information content (AvgIpc) is 2.51. The van der Waals surface area contributed by atoms with Gasteiger partial charge in [-0.3, -0.25) is 9.79 Å². The molecule has 0 atom stereocenters. The summed E-state index contributed by atoms with van der Waals surface area (Å²) in [4.78, 5) is 19.4. The predicted octanol–water partition coefficient (Wildman–Crippen LogP) is 1.24. The van der Waals surface area contributed by atoms with Gasteiger partial charge >= 0.3 is 0 Å². The molecule has 1 amide bonds. The number of amides is 1. The van der Waals surface area contributed by atoms with Gasteiger partial charge in [0.25, 0.3) is 5.91 Å². The van der Waals surface area contributed by atoms with Gasteiger partial charge in [0.2, 0.25) is 0 Å². The fourth-order valence-corrected chi connectivity index (χ4v) is 1.76. The number of nitrogens with two attached hydrogens (primary N) is 2. The fourth-order valence-electron chi connectivity index (χ4n) is 1.76. The number of rotatable bonds is 3. The Hall–Kier alpha value is -2.57. The molecule has 106 valence electrons. The molecule has 7 heteroatoms. The summed E-state index contributed by atoms with van der Waals surface area (Å²) in [7, 11) is 0. The molecule has 0 aliphatic carbocycles. The predicted molar refractivity (Wildman–Crippen MR) is 77.2 cm³/mol. The number of primary amides is 1. The first-order valence-electron chi connectivity index (χ1n) is 6.18. The van der Waals surface area contributed by atoms with Gasteiger partial charge in [0, 0.05) is 31.4 Å². The maximum Gasteiger partial charge on any atom is 0.252 e. The second kappa shape index (κ2) is 5.60. The van der Waals surface area contributed by atoms with Crippen molar-refractivity contribution in [3.05, 3.63) is 29.3 Å². The van der Waals surface area contributed by atoms with E-state index in [0.29, 0.717) is 24.1 Å². The average molecular weight is 275 g/mol. The molecule has 0 saturated heterocycles.